The second-order valence-corrected chi connectivity index (χ2v) is 7.50. The molecule has 1 aliphatic heterocycles. The van der Waals surface area contributed by atoms with Crippen LogP contribution in [0, 0.1) is 5.82 Å². The summed E-state index contributed by atoms with van der Waals surface area (Å²) in [5.74, 6) is -0.790. The van der Waals surface area contributed by atoms with Crippen LogP contribution in [0.25, 0.3) is 0 Å². The quantitative estimate of drug-likeness (QED) is 0.764. The number of nitrogens with one attached hydrogen (secondary N) is 1. The van der Waals surface area contributed by atoms with Crippen LogP contribution in [-0.4, -0.2) is 47.4 Å². The van der Waals surface area contributed by atoms with Crippen molar-refractivity contribution in [2.45, 2.75) is 4.90 Å². The molecule has 1 heterocycles. The van der Waals surface area contributed by atoms with E-state index in [4.69, 9.17) is 9.88 Å². The lowest BCUT2D eigenvalue weighted by molar-refractivity contribution is 0.0733. The molecule has 0 unspecified atom stereocenters. The van der Waals surface area contributed by atoms with E-state index in [0.29, 0.717) is 0 Å². The fourth-order valence-electron chi connectivity index (χ4n) is 1.82. The topological polar surface area (TPSA) is 119 Å². The molecule has 2 rings (SSSR count). The van der Waals surface area contributed by atoms with Crippen LogP contribution in [0.2, 0.25) is 0 Å². The van der Waals surface area contributed by atoms with E-state index in [1.54, 1.807) is 0 Å². The van der Waals surface area contributed by atoms with Crippen molar-refractivity contribution in [1.82, 2.24) is 4.31 Å². The second-order valence-electron chi connectivity index (χ2n) is 4.30. The van der Waals surface area contributed by atoms with Gasteiger partial charge in [-0.2, -0.15) is 12.7 Å². The highest BCUT2D eigenvalue weighted by Gasteiger charge is 2.26. The largest absolute Gasteiger partial charge is 0.379 e. The number of sulfonamides is 1. The predicted molar refractivity (Wildman–Crippen MR) is 72.7 cm³/mol. The Bertz CT molecular complexity index is 729. The van der Waals surface area contributed by atoms with Crippen LogP contribution in [-0.2, 0) is 25.0 Å². The van der Waals surface area contributed by atoms with Gasteiger partial charge in [-0.15, -0.1) is 0 Å². The minimum Gasteiger partial charge on any atom is -0.379 e. The Balaban J connectivity index is 2.36. The predicted octanol–water partition coefficient (Wildman–Crippen LogP) is -0.538. The molecule has 0 aromatic heterocycles. The smallest absolute Gasteiger partial charge is 0.301 e. The summed E-state index contributed by atoms with van der Waals surface area (Å²) in [7, 11) is -8.21. The SMILES string of the molecule is NS(=O)(=O)c1ccc(F)cc1NS(=O)(=O)N1CCOCC1. The lowest BCUT2D eigenvalue weighted by Gasteiger charge is -2.26. The van der Waals surface area contributed by atoms with Gasteiger partial charge in [0.2, 0.25) is 10.0 Å². The summed E-state index contributed by atoms with van der Waals surface area (Å²) in [6.07, 6.45) is 0. The third-order valence-corrected chi connectivity index (χ3v) is 5.29. The van der Waals surface area contributed by atoms with Crippen molar-refractivity contribution in [1.29, 1.82) is 0 Å². The van der Waals surface area contributed by atoms with Crippen LogP contribution in [0.15, 0.2) is 23.1 Å². The van der Waals surface area contributed by atoms with Crippen LogP contribution in [0.3, 0.4) is 0 Å². The van der Waals surface area contributed by atoms with Crippen LogP contribution in [0.4, 0.5) is 10.1 Å². The van der Waals surface area contributed by atoms with Gasteiger partial charge in [0.1, 0.15) is 10.7 Å². The zero-order chi connectivity index (χ0) is 15.7. The maximum atomic E-state index is 13.2. The molecule has 0 bridgehead atoms. The first-order valence-electron chi connectivity index (χ1n) is 5.88. The van der Waals surface area contributed by atoms with E-state index in [-0.39, 0.29) is 26.3 Å². The van der Waals surface area contributed by atoms with Gasteiger partial charge < -0.3 is 4.74 Å². The Morgan fingerprint density at radius 2 is 1.81 bits per heavy atom. The number of nitrogens with zero attached hydrogens (tertiary/aromatic N) is 1. The summed E-state index contributed by atoms with van der Waals surface area (Å²) in [6, 6.07) is 2.55. The highest BCUT2D eigenvalue weighted by molar-refractivity contribution is 7.91. The molecular weight excluding hydrogens is 325 g/mol. The number of morpholine rings is 1. The molecule has 0 atom stereocenters. The molecule has 1 aliphatic rings. The van der Waals surface area contributed by atoms with E-state index in [1.807, 2.05) is 4.72 Å². The number of primary sulfonamides is 1. The number of ether oxygens (including phenoxy) is 1. The van der Waals surface area contributed by atoms with Gasteiger partial charge in [-0.3, -0.25) is 4.72 Å². The minimum atomic E-state index is -4.19. The molecule has 3 N–H and O–H groups in total. The molecule has 1 saturated heterocycles. The molecule has 21 heavy (non-hydrogen) atoms. The number of hydrogen-bond donors (Lipinski definition) is 2. The Hall–Kier alpha value is -1.27. The molecule has 1 aromatic rings. The van der Waals surface area contributed by atoms with Gasteiger partial charge >= 0.3 is 10.2 Å². The average molecular weight is 339 g/mol. The van der Waals surface area contributed by atoms with Crippen molar-refractivity contribution < 1.29 is 26.0 Å². The highest BCUT2D eigenvalue weighted by Crippen LogP contribution is 2.23. The van der Waals surface area contributed by atoms with Crippen molar-refractivity contribution in [3.05, 3.63) is 24.0 Å². The Morgan fingerprint density at radius 1 is 1.19 bits per heavy atom. The molecule has 0 spiro atoms. The maximum absolute atomic E-state index is 13.2. The van der Waals surface area contributed by atoms with Gasteiger partial charge in [0.15, 0.2) is 0 Å². The molecular formula is C10H14FN3O5S2. The number of halogens is 1. The highest BCUT2D eigenvalue weighted by atomic mass is 32.2. The van der Waals surface area contributed by atoms with Crippen molar-refractivity contribution in [3.63, 3.8) is 0 Å². The van der Waals surface area contributed by atoms with Gasteiger partial charge in [-0.05, 0) is 18.2 Å². The summed E-state index contributed by atoms with van der Waals surface area (Å²) in [6.45, 7) is 0.697. The van der Waals surface area contributed by atoms with Gasteiger partial charge in [-0.1, -0.05) is 0 Å². The van der Waals surface area contributed by atoms with Gasteiger partial charge in [-0.25, -0.2) is 17.9 Å². The first-order chi connectivity index (χ1) is 9.70. The monoisotopic (exact) mass is 339 g/mol. The molecule has 0 amide bonds. The van der Waals surface area contributed by atoms with E-state index < -0.39 is 36.6 Å². The van der Waals surface area contributed by atoms with Crippen LogP contribution < -0.4 is 9.86 Å². The first-order valence-corrected chi connectivity index (χ1v) is 8.87. The standard InChI is InChI=1S/C10H14FN3O5S2/c11-8-1-2-10(20(12,15)16)9(7-8)13-21(17,18)14-3-5-19-6-4-14/h1-2,7,13H,3-6H2,(H2,12,15,16). The minimum absolute atomic E-state index is 0.120. The van der Waals surface area contributed by atoms with Crippen LogP contribution in [0.1, 0.15) is 0 Å². The molecule has 0 saturated carbocycles. The zero-order valence-electron chi connectivity index (χ0n) is 10.8. The van der Waals surface area contributed by atoms with E-state index in [1.165, 1.54) is 0 Å². The number of hydrogen-bond acceptors (Lipinski definition) is 5. The molecule has 8 nitrogen and oxygen atoms in total. The number of nitrogens with two attached hydrogens (primary N) is 1. The van der Waals surface area contributed by atoms with Crippen molar-refractivity contribution in [3.8, 4) is 0 Å². The Morgan fingerprint density at radius 3 is 2.38 bits per heavy atom. The third-order valence-electron chi connectivity index (χ3n) is 2.80. The average Bonchev–Trinajstić information content (AvgIpc) is 2.38. The van der Waals surface area contributed by atoms with E-state index in [9.17, 15) is 21.2 Å². The van der Waals surface area contributed by atoms with Crippen molar-refractivity contribution >= 4 is 25.9 Å². The van der Waals surface area contributed by atoms with Crippen LogP contribution >= 0.6 is 0 Å². The molecule has 11 heteroatoms. The van der Waals surface area contributed by atoms with Gasteiger partial charge in [0.05, 0.1) is 18.9 Å². The summed E-state index contributed by atoms with van der Waals surface area (Å²) in [5, 5.41) is 4.99. The summed E-state index contributed by atoms with van der Waals surface area (Å²) in [4.78, 5) is -0.499. The molecule has 118 valence electrons. The molecule has 1 aromatic carbocycles. The lowest BCUT2D eigenvalue weighted by Crippen LogP contribution is -2.43. The van der Waals surface area contributed by atoms with E-state index >= 15 is 0 Å². The summed E-state index contributed by atoms with van der Waals surface area (Å²) in [5.41, 5.74) is -0.427. The number of anilines is 1. The summed E-state index contributed by atoms with van der Waals surface area (Å²) >= 11 is 0. The fourth-order valence-corrected chi connectivity index (χ4v) is 3.77. The second kappa shape index (κ2) is 5.85. The zero-order valence-corrected chi connectivity index (χ0v) is 12.5. The molecule has 1 fully saturated rings. The first kappa shape index (κ1) is 16.1. The normalized spacial score (nSPS) is 17.6. The molecule has 0 radical (unpaired) electrons. The fraction of sp³-hybridized carbons (Fsp3) is 0.400. The van der Waals surface area contributed by atoms with Gasteiger partial charge in [0.25, 0.3) is 0 Å². The van der Waals surface area contributed by atoms with E-state index in [0.717, 1.165) is 22.5 Å². The Labute approximate surface area is 121 Å². The lowest BCUT2D eigenvalue weighted by atomic mass is 10.3. The third kappa shape index (κ3) is 3.89. The van der Waals surface area contributed by atoms with E-state index in [2.05, 4.69) is 0 Å². The number of benzene rings is 1. The van der Waals surface area contributed by atoms with Crippen molar-refractivity contribution in [2.75, 3.05) is 31.0 Å². The van der Waals surface area contributed by atoms with Crippen molar-refractivity contribution in [2.24, 2.45) is 5.14 Å². The van der Waals surface area contributed by atoms with Gasteiger partial charge in [0, 0.05) is 13.1 Å². The maximum Gasteiger partial charge on any atom is 0.301 e. The number of rotatable bonds is 4. The summed E-state index contributed by atoms with van der Waals surface area (Å²) < 4.78 is 68.5. The molecule has 0 aliphatic carbocycles. The van der Waals surface area contributed by atoms with Crippen LogP contribution in [0.5, 0.6) is 0 Å². The Kier molecular flexibility index (Phi) is 4.49.